The topological polar surface area (TPSA) is 38.1 Å². The number of thiocarbonyl (C=S) groups is 1. The zero-order valence-corrected chi connectivity index (χ0v) is 16.9. The molecule has 7 heteroatoms. The number of hydrogen-bond donors (Lipinski definition) is 0. The fourth-order valence-electron chi connectivity index (χ4n) is 2.78. The summed E-state index contributed by atoms with van der Waals surface area (Å²) in [6.45, 7) is 1.97. The van der Waals surface area contributed by atoms with Crippen LogP contribution in [-0.2, 0) is 6.42 Å². The van der Waals surface area contributed by atoms with Crippen molar-refractivity contribution in [2.75, 3.05) is 0 Å². The molecule has 0 spiro atoms. The number of benzene rings is 2. The lowest BCUT2D eigenvalue weighted by molar-refractivity contribution is 0.550. The number of isothiocyanates is 1. The molecule has 30 heavy (non-hydrogen) atoms. The molecule has 0 bridgehead atoms. The van der Waals surface area contributed by atoms with Gasteiger partial charge < -0.3 is 0 Å². The highest BCUT2D eigenvalue weighted by atomic mass is 32.1. The van der Waals surface area contributed by atoms with Crippen molar-refractivity contribution in [3.8, 4) is 23.0 Å². The number of aromatic nitrogens is 2. The monoisotopic (exact) mass is 423 g/mol. The van der Waals surface area contributed by atoms with E-state index in [-0.39, 0.29) is 17.1 Å². The minimum absolute atomic E-state index is 0.0116. The summed E-state index contributed by atoms with van der Waals surface area (Å²) in [5.74, 6) is 3.44. The SMILES string of the molecule is CCCCc1c(F)cc(-c2ccc(C#Cc3ncc(N=C=S)nc3F)cc2)cc1F. The summed E-state index contributed by atoms with van der Waals surface area (Å²) in [5, 5.41) is 2.08. The van der Waals surface area contributed by atoms with Crippen LogP contribution < -0.4 is 0 Å². The van der Waals surface area contributed by atoms with E-state index in [9.17, 15) is 13.2 Å². The van der Waals surface area contributed by atoms with Gasteiger partial charge in [0.05, 0.1) is 11.4 Å². The van der Waals surface area contributed by atoms with Crippen LogP contribution in [0, 0.1) is 29.4 Å². The van der Waals surface area contributed by atoms with Crippen LogP contribution in [0.5, 0.6) is 0 Å². The molecule has 0 atom stereocenters. The molecule has 150 valence electrons. The Balaban J connectivity index is 1.81. The van der Waals surface area contributed by atoms with Crippen LogP contribution in [0.2, 0.25) is 0 Å². The van der Waals surface area contributed by atoms with E-state index in [1.54, 1.807) is 24.3 Å². The largest absolute Gasteiger partial charge is 0.249 e. The fourth-order valence-corrected chi connectivity index (χ4v) is 2.88. The van der Waals surface area contributed by atoms with E-state index in [4.69, 9.17) is 0 Å². The number of halogens is 3. The first-order valence-electron chi connectivity index (χ1n) is 9.22. The van der Waals surface area contributed by atoms with Crippen LogP contribution in [0.3, 0.4) is 0 Å². The number of aliphatic imine (C=N–C) groups is 1. The second kappa shape index (κ2) is 9.93. The first-order valence-corrected chi connectivity index (χ1v) is 9.63. The maximum atomic E-state index is 14.3. The van der Waals surface area contributed by atoms with Crippen molar-refractivity contribution in [3.63, 3.8) is 0 Å². The van der Waals surface area contributed by atoms with Gasteiger partial charge in [-0.15, -0.1) is 0 Å². The summed E-state index contributed by atoms with van der Waals surface area (Å²) < 4.78 is 42.5. The van der Waals surface area contributed by atoms with Gasteiger partial charge in [-0.2, -0.15) is 14.4 Å². The molecule has 0 aliphatic heterocycles. The van der Waals surface area contributed by atoms with Crippen LogP contribution in [0.25, 0.3) is 11.1 Å². The highest BCUT2D eigenvalue weighted by Crippen LogP contribution is 2.26. The van der Waals surface area contributed by atoms with Gasteiger partial charge in [-0.25, -0.2) is 13.8 Å². The molecule has 0 fully saturated rings. The van der Waals surface area contributed by atoms with E-state index in [0.29, 0.717) is 23.1 Å². The Morgan fingerprint density at radius 3 is 2.30 bits per heavy atom. The van der Waals surface area contributed by atoms with Gasteiger partial charge >= 0.3 is 0 Å². The Morgan fingerprint density at radius 1 is 1.00 bits per heavy atom. The zero-order chi connectivity index (χ0) is 21.5. The average molecular weight is 423 g/mol. The third-order valence-electron chi connectivity index (χ3n) is 4.34. The molecule has 0 aliphatic carbocycles. The minimum atomic E-state index is -0.861. The highest BCUT2D eigenvalue weighted by molar-refractivity contribution is 7.78. The average Bonchev–Trinajstić information content (AvgIpc) is 2.73. The second-order valence-electron chi connectivity index (χ2n) is 6.42. The Bertz CT molecular complexity index is 1150. The maximum Gasteiger partial charge on any atom is 0.249 e. The molecule has 2 aromatic carbocycles. The molecule has 0 saturated heterocycles. The summed E-state index contributed by atoms with van der Waals surface area (Å²) in [6, 6.07) is 9.43. The summed E-state index contributed by atoms with van der Waals surface area (Å²) in [6.07, 6.45) is 3.21. The van der Waals surface area contributed by atoms with E-state index in [2.05, 4.69) is 44.2 Å². The van der Waals surface area contributed by atoms with Crippen molar-refractivity contribution in [3.05, 3.63) is 77.0 Å². The first-order chi connectivity index (χ1) is 14.5. The van der Waals surface area contributed by atoms with E-state index >= 15 is 0 Å². The molecule has 3 nitrogen and oxygen atoms in total. The molecule has 1 aromatic heterocycles. The number of nitrogens with zero attached hydrogens (tertiary/aromatic N) is 3. The first kappa shape index (κ1) is 21.4. The normalized spacial score (nSPS) is 10.1. The molecule has 0 amide bonds. The third-order valence-corrected chi connectivity index (χ3v) is 4.43. The van der Waals surface area contributed by atoms with Crippen LogP contribution in [0.4, 0.5) is 19.0 Å². The number of unbranched alkanes of at least 4 members (excludes halogenated alkanes) is 1. The van der Waals surface area contributed by atoms with Crippen molar-refractivity contribution in [1.29, 1.82) is 0 Å². The molecule has 0 unspecified atom stereocenters. The Hall–Kier alpha value is -3.33. The van der Waals surface area contributed by atoms with E-state index < -0.39 is 17.6 Å². The van der Waals surface area contributed by atoms with Crippen molar-refractivity contribution in [2.24, 2.45) is 4.99 Å². The highest BCUT2D eigenvalue weighted by Gasteiger charge is 2.12. The van der Waals surface area contributed by atoms with E-state index in [1.165, 1.54) is 18.3 Å². The smallest absolute Gasteiger partial charge is 0.239 e. The Morgan fingerprint density at radius 2 is 1.70 bits per heavy atom. The van der Waals surface area contributed by atoms with Gasteiger partial charge in [0.2, 0.25) is 5.95 Å². The predicted molar refractivity (Wildman–Crippen MR) is 113 cm³/mol. The maximum absolute atomic E-state index is 14.3. The molecule has 3 rings (SSSR count). The molecule has 0 aliphatic rings. The summed E-state index contributed by atoms with van der Waals surface area (Å²) in [4.78, 5) is 11.0. The van der Waals surface area contributed by atoms with Crippen molar-refractivity contribution in [1.82, 2.24) is 9.97 Å². The van der Waals surface area contributed by atoms with Gasteiger partial charge in [-0.05, 0) is 66.4 Å². The Kier molecular flexibility index (Phi) is 7.08. The van der Waals surface area contributed by atoms with Crippen LogP contribution in [0.1, 0.15) is 36.6 Å². The van der Waals surface area contributed by atoms with Gasteiger partial charge in [0, 0.05) is 11.1 Å². The molecule has 0 N–H and O–H groups in total. The second-order valence-corrected chi connectivity index (χ2v) is 6.60. The number of hydrogen-bond acceptors (Lipinski definition) is 4. The summed E-state index contributed by atoms with van der Waals surface area (Å²) in [7, 11) is 0. The van der Waals surface area contributed by atoms with Crippen LogP contribution in [0.15, 0.2) is 47.6 Å². The summed E-state index contributed by atoms with van der Waals surface area (Å²) in [5.41, 5.74) is 1.66. The lowest BCUT2D eigenvalue weighted by Crippen LogP contribution is -1.97. The molecule has 0 saturated carbocycles. The van der Waals surface area contributed by atoms with Gasteiger partial charge in [-0.1, -0.05) is 31.4 Å². The van der Waals surface area contributed by atoms with Crippen molar-refractivity contribution in [2.45, 2.75) is 26.2 Å². The lowest BCUT2D eigenvalue weighted by Gasteiger charge is -2.08. The lowest BCUT2D eigenvalue weighted by atomic mass is 9.99. The van der Waals surface area contributed by atoms with Crippen molar-refractivity contribution < 1.29 is 13.2 Å². The molecular formula is C23H16F3N3S. The van der Waals surface area contributed by atoms with Crippen molar-refractivity contribution >= 4 is 23.2 Å². The number of rotatable bonds is 5. The van der Waals surface area contributed by atoms with Gasteiger partial charge in [0.25, 0.3) is 0 Å². The summed E-state index contributed by atoms with van der Waals surface area (Å²) >= 11 is 4.43. The predicted octanol–water partition coefficient (Wildman–Crippen LogP) is 6.04. The van der Waals surface area contributed by atoms with Gasteiger partial charge in [-0.3, -0.25) is 0 Å². The Labute approximate surface area is 177 Å². The molecule has 0 radical (unpaired) electrons. The van der Waals surface area contributed by atoms with Gasteiger partial charge in [0.1, 0.15) is 11.6 Å². The molecular weight excluding hydrogens is 407 g/mol. The quantitative estimate of drug-likeness (QED) is 0.285. The minimum Gasteiger partial charge on any atom is -0.239 e. The van der Waals surface area contributed by atoms with Crippen LogP contribution >= 0.6 is 12.2 Å². The third kappa shape index (κ3) is 5.18. The molecule has 1 heterocycles. The van der Waals surface area contributed by atoms with E-state index in [1.807, 2.05) is 6.92 Å². The van der Waals surface area contributed by atoms with E-state index in [0.717, 1.165) is 12.8 Å². The fraction of sp³-hybridized carbons (Fsp3) is 0.174. The molecule has 3 aromatic rings. The zero-order valence-electron chi connectivity index (χ0n) is 16.0. The standard InChI is InChI=1S/C23H16F3N3S/c1-2-3-4-18-19(24)11-17(12-20(18)25)16-8-5-15(6-9-16)7-10-21-23(26)29-22(13-27-21)28-14-30/h5-6,8-9,11-13H,2-4H2,1H3. The van der Waals surface area contributed by atoms with Gasteiger partial charge in [0.15, 0.2) is 11.5 Å². The van der Waals surface area contributed by atoms with Crippen LogP contribution in [-0.4, -0.2) is 15.1 Å².